The number of anilines is 1. The SMILES string of the molecule is COC(=O)CCSc1ncnc(N)c1Cl. The van der Waals surface area contributed by atoms with Gasteiger partial charge in [-0.05, 0) is 0 Å². The monoisotopic (exact) mass is 247 g/mol. The molecule has 0 atom stereocenters. The summed E-state index contributed by atoms with van der Waals surface area (Å²) in [6.07, 6.45) is 1.64. The zero-order chi connectivity index (χ0) is 11.3. The Morgan fingerprint density at radius 2 is 2.40 bits per heavy atom. The first-order chi connectivity index (χ1) is 7.15. The molecule has 0 amide bonds. The van der Waals surface area contributed by atoms with Gasteiger partial charge in [-0.25, -0.2) is 9.97 Å². The molecule has 0 saturated heterocycles. The third-order valence-electron chi connectivity index (χ3n) is 1.56. The number of ether oxygens (including phenoxy) is 1. The van der Waals surface area contributed by atoms with Crippen LogP contribution in [0.4, 0.5) is 5.82 Å². The van der Waals surface area contributed by atoms with E-state index in [4.69, 9.17) is 17.3 Å². The predicted molar refractivity (Wildman–Crippen MR) is 58.8 cm³/mol. The summed E-state index contributed by atoms with van der Waals surface area (Å²) >= 11 is 7.20. The van der Waals surface area contributed by atoms with Crippen molar-refractivity contribution in [1.82, 2.24) is 9.97 Å². The number of nitrogen functional groups attached to an aromatic ring is 1. The van der Waals surface area contributed by atoms with Gasteiger partial charge in [0.2, 0.25) is 0 Å². The quantitative estimate of drug-likeness (QED) is 0.492. The fourth-order valence-corrected chi connectivity index (χ4v) is 1.88. The summed E-state index contributed by atoms with van der Waals surface area (Å²) in [6.45, 7) is 0. The van der Waals surface area contributed by atoms with E-state index in [1.165, 1.54) is 25.2 Å². The van der Waals surface area contributed by atoms with Crippen LogP contribution >= 0.6 is 23.4 Å². The lowest BCUT2D eigenvalue weighted by molar-refractivity contribution is -0.140. The average Bonchev–Trinajstić information content (AvgIpc) is 2.24. The first-order valence-electron chi connectivity index (χ1n) is 4.10. The van der Waals surface area contributed by atoms with Gasteiger partial charge in [-0.3, -0.25) is 4.79 Å². The third kappa shape index (κ3) is 3.56. The molecule has 15 heavy (non-hydrogen) atoms. The molecule has 0 aromatic carbocycles. The van der Waals surface area contributed by atoms with Crippen LogP contribution in [0, 0.1) is 0 Å². The van der Waals surface area contributed by atoms with E-state index in [1.54, 1.807) is 0 Å². The van der Waals surface area contributed by atoms with Crippen LogP contribution in [0.2, 0.25) is 5.02 Å². The first-order valence-corrected chi connectivity index (χ1v) is 5.47. The van der Waals surface area contributed by atoms with Crippen molar-refractivity contribution in [2.75, 3.05) is 18.6 Å². The number of thioether (sulfide) groups is 1. The van der Waals surface area contributed by atoms with E-state index in [9.17, 15) is 4.79 Å². The Morgan fingerprint density at radius 1 is 1.67 bits per heavy atom. The molecule has 0 aliphatic heterocycles. The minimum Gasteiger partial charge on any atom is -0.469 e. The standard InChI is InChI=1S/C8H10ClN3O2S/c1-14-5(13)2-3-15-8-6(9)7(10)11-4-12-8/h4H,2-3H2,1H3,(H2,10,11,12). The summed E-state index contributed by atoms with van der Waals surface area (Å²) in [5.41, 5.74) is 5.49. The van der Waals surface area contributed by atoms with Gasteiger partial charge in [-0.15, -0.1) is 11.8 Å². The lowest BCUT2D eigenvalue weighted by Gasteiger charge is -2.03. The molecule has 0 aliphatic rings. The fourth-order valence-electron chi connectivity index (χ4n) is 0.800. The summed E-state index contributed by atoms with van der Waals surface area (Å²) in [7, 11) is 1.35. The Kier molecular flexibility index (Phi) is 4.64. The van der Waals surface area contributed by atoms with E-state index >= 15 is 0 Å². The summed E-state index contributed by atoms with van der Waals surface area (Å²) in [4.78, 5) is 18.5. The van der Waals surface area contributed by atoms with E-state index in [-0.39, 0.29) is 11.8 Å². The fraction of sp³-hybridized carbons (Fsp3) is 0.375. The van der Waals surface area contributed by atoms with Crippen molar-refractivity contribution >= 4 is 35.1 Å². The number of nitrogens with zero attached hydrogens (tertiary/aromatic N) is 2. The van der Waals surface area contributed by atoms with Gasteiger partial charge in [0.1, 0.15) is 22.2 Å². The Morgan fingerprint density at radius 3 is 3.07 bits per heavy atom. The van der Waals surface area contributed by atoms with Gasteiger partial charge >= 0.3 is 5.97 Å². The van der Waals surface area contributed by atoms with Crippen LogP contribution < -0.4 is 5.73 Å². The molecule has 0 aliphatic carbocycles. The molecule has 82 valence electrons. The van der Waals surface area contributed by atoms with Gasteiger partial charge < -0.3 is 10.5 Å². The maximum Gasteiger partial charge on any atom is 0.306 e. The van der Waals surface area contributed by atoms with E-state index in [0.717, 1.165) is 0 Å². The summed E-state index contributed by atoms with van der Waals surface area (Å²) in [5, 5.41) is 0.903. The normalized spacial score (nSPS) is 10.0. The summed E-state index contributed by atoms with van der Waals surface area (Å²) in [5.74, 6) is 0.524. The first kappa shape index (κ1) is 12.1. The zero-order valence-corrected chi connectivity index (χ0v) is 9.64. The zero-order valence-electron chi connectivity index (χ0n) is 8.07. The van der Waals surface area contributed by atoms with Gasteiger partial charge in [0.05, 0.1) is 13.5 Å². The minimum atomic E-state index is -0.263. The van der Waals surface area contributed by atoms with Crippen LogP contribution in [0.5, 0.6) is 0 Å². The van der Waals surface area contributed by atoms with Gasteiger partial charge in [0.25, 0.3) is 0 Å². The second-order valence-corrected chi connectivity index (χ2v) is 4.01. The number of carbonyl (C=O) groups is 1. The highest BCUT2D eigenvalue weighted by atomic mass is 35.5. The Balaban J connectivity index is 2.51. The highest BCUT2D eigenvalue weighted by Gasteiger charge is 2.08. The van der Waals surface area contributed by atoms with Crippen molar-refractivity contribution in [1.29, 1.82) is 0 Å². The van der Waals surface area contributed by atoms with Crippen molar-refractivity contribution in [2.45, 2.75) is 11.4 Å². The molecule has 0 unspecified atom stereocenters. The van der Waals surface area contributed by atoms with Crippen LogP contribution in [0.1, 0.15) is 6.42 Å². The van der Waals surface area contributed by atoms with Crippen LogP contribution in [-0.2, 0) is 9.53 Å². The lowest BCUT2D eigenvalue weighted by atomic mass is 10.5. The molecule has 7 heteroatoms. The molecule has 2 N–H and O–H groups in total. The van der Waals surface area contributed by atoms with Gasteiger partial charge in [0.15, 0.2) is 0 Å². The number of hydrogen-bond acceptors (Lipinski definition) is 6. The van der Waals surface area contributed by atoms with Crippen molar-refractivity contribution in [3.8, 4) is 0 Å². The second-order valence-electron chi connectivity index (χ2n) is 2.55. The number of nitrogens with two attached hydrogens (primary N) is 1. The van der Waals surface area contributed by atoms with E-state index in [0.29, 0.717) is 22.2 Å². The Labute approximate surface area is 96.4 Å². The van der Waals surface area contributed by atoms with Gasteiger partial charge in [0, 0.05) is 5.75 Å². The van der Waals surface area contributed by atoms with Crippen LogP contribution in [0.15, 0.2) is 11.4 Å². The summed E-state index contributed by atoms with van der Waals surface area (Å²) < 4.78 is 4.50. The molecule has 1 aromatic heterocycles. The lowest BCUT2D eigenvalue weighted by Crippen LogP contribution is -2.01. The molecular formula is C8H10ClN3O2S. The molecule has 0 radical (unpaired) electrons. The highest BCUT2D eigenvalue weighted by Crippen LogP contribution is 2.28. The smallest absolute Gasteiger partial charge is 0.306 e. The van der Waals surface area contributed by atoms with Crippen LogP contribution in [0.3, 0.4) is 0 Å². The Bertz CT molecular complexity index is 362. The molecule has 0 bridgehead atoms. The number of carbonyl (C=O) groups excluding carboxylic acids is 1. The van der Waals surface area contributed by atoms with Crippen molar-refractivity contribution < 1.29 is 9.53 Å². The molecule has 1 rings (SSSR count). The van der Waals surface area contributed by atoms with E-state index in [1.807, 2.05) is 0 Å². The molecule has 1 aromatic rings. The largest absolute Gasteiger partial charge is 0.469 e. The third-order valence-corrected chi connectivity index (χ3v) is 3.03. The topological polar surface area (TPSA) is 78.1 Å². The second kappa shape index (κ2) is 5.77. The average molecular weight is 248 g/mol. The maximum absolute atomic E-state index is 10.8. The molecular weight excluding hydrogens is 238 g/mol. The molecule has 1 heterocycles. The molecule has 0 spiro atoms. The van der Waals surface area contributed by atoms with Crippen molar-refractivity contribution in [3.05, 3.63) is 11.3 Å². The maximum atomic E-state index is 10.8. The molecule has 5 nitrogen and oxygen atoms in total. The predicted octanol–water partition coefficient (Wildman–Crippen LogP) is 1.37. The summed E-state index contributed by atoms with van der Waals surface area (Å²) in [6, 6.07) is 0. The minimum absolute atomic E-state index is 0.243. The van der Waals surface area contributed by atoms with Crippen LogP contribution in [0.25, 0.3) is 0 Å². The van der Waals surface area contributed by atoms with Gasteiger partial charge in [-0.1, -0.05) is 11.6 Å². The van der Waals surface area contributed by atoms with Crippen LogP contribution in [-0.4, -0.2) is 28.8 Å². The molecule has 0 saturated carbocycles. The number of esters is 1. The number of rotatable bonds is 4. The number of aromatic nitrogens is 2. The van der Waals surface area contributed by atoms with E-state index in [2.05, 4.69) is 14.7 Å². The highest BCUT2D eigenvalue weighted by molar-refractivity contribution is 7.99. The van der Waals surface area contributed by atoms with Gasteiger partial charge in [-0.2, -0.15) is 0 Å². The van der Waals surface area contributed by atoms with Crippen molar-refractivity contribution in [2.24, 2.45) is 0 Å². The molecule has 0 fully saturated rings. The van der Waals surface area contributed by atoms with Crippen molar-refractivity contribution in [3.63, 3.8) is 0 Å². The number of hydrogen-bond donors (Lipinski definition) is 1. The number of halogens is 1. The van der Waals surface area contributed by atoms with E-state index < -0.39 is 0 Å². The number of methoxy groups -OCH3 is 1. The Hall–Kier alpha value is -1.01.